The minimum Gasteiger partial charge on any atom is -0.460 e. The molecule has 0 rings (SSSR count). The maximum Gasteiger partial charge on any atom is 0.408 e. The molecule has 0 aliphatic rings. The molecule has 29 heavy (non-hydrogen) atoms. The molecule has 0 spiro atoms. The summed E-state index contributed by atoms with van der Waals surface area (Å²) in [4.78, 5) is 47.9. The van der Waals surface area contributed by atoms with Crippen molar-refractivity contribution in [3.8, 4) is 0 Å². The quantitative estimate of drug-likeness (QED) is 0.496. The topological polar surface area (TPSA) is 117 Å². The summed E-state index contributed by atoms with van der Waals surface area (Å²) in [6.07, 6.45) is -1.17. The number of carbonyl (C=O) groups excluding carboxylic acids is 4. The number of hydrogen-bond donors (Lipinski definition) is 1. The van der Waals surface area contributed by atoms with Crippen molar-refractivity contribution in [2.24, 2.45) is 0 Å². The van der Waals surface area contributed by atoms with Crippen LogP contribution in [0.5, 0.6) is 0 Å². The van der Waals surface area contributed by atoms with Crippen molar-refractivity contribution in [1.29, 1.82) is 0 Å². The van der Waals surface area contributed by atoms with Crippen LogP contribution in [0.1, 0.15) is 75.2 Å². The molecule has 0 saturated carbocycles. The summed E-state index contributed by atoms with van der Waals surface area (Å²) in [5, 5.41) is 2.32. The Morgan fingerprint density at radius 1 is 0.724 bits per heavy atom. The van der Waals surface area contributed by atoms with Gasteiger partial charge in [0.15, 0.2) is 6.61 Å². The molecule has 0 fully saturated rings. The third-order valence-electron chi connectivity index (χ3n) is 2.78. The number of esters is 3. The van der Waals surface area contributed by atoms with Crippen molar-refractivity contribution in [2.75, 3.05) is 6.61 Å². The fourth-order valence-electron chi connectivity index (χ4n) is 1.96. The van der Waals surface area contributed by atoms with Gasteiger partial charge in [0.1, 0.15) is 22.8 Å². The Morgan fingerprint density at radius 2 is 1.17 bits per heavy atom. The maximum absolute atomic E-state index is 12.4. The Labute approximate surface area is 172 Å². The van der Waals surface area contributed by atoms with Gasteiger partial charge in [-0.25, -0.2) is 14.4 Å². The Hall–Kier alpha value is -2.32. The molecule has 168 valence electrons. The minimum atomic E-state index is -1.15. The fourth-order valence-corrected chi connectivity index (χ4v) is 1.96. The predicted molar refractivity (Wildman–Crippen MR) is 105 cm³/mol. The largest absolute Gasteiger partial charge is 0.460 e. The second kappa shape index (κ2) is 10.5. The summed E-state index contributed by atoms with van der Waals surface area (Å²) < 4.78 is 20.3. The summed E-state index contributed by atoms with van der Waals surface area (Å²) in [6, 6.07) is -1.15. The van der Waals surface area contributed by atoms with Crippen molar-refractivity contribution in [3.05, 3.63) is 0 Å². The van der Waals surface area contributed by atoms with E-state index in [9.17, 15) is 19.2 Å². The van der Waals surface area contributed by atoms with Crippen LogP contribution in [0.4, 0.5) is 4.79 Å². The van der Waals surface area contributed by atoms with Gasteiger partial charge in [0.05, 0.1) is 0 Å². The minimum absolute atomic E-state index is 0.0502. The molecule has 0 aliphatic carbocycles. The van der Waals surface area contributed by atoms with Gasteiger partial charge in [-0.3, -0.25) is 4.79 Å². The van der Waals surface area contributed by atoms with Crippen molar-refractivity contribution in [1.82, 2.24) is 5.32 Å². The fraction of sp³-hybridized carbons (Fsp3) is 0.800. The van der Waals surface area contributed by atoms with Crippen LogP contribution in [0.2, 0.25) is 0 Å². The molecule has 9 heteroatoms. The monoisotopic (exact) mass is 417 g/mol. The van der Waals surface area contributed by atoms with Crippen LogP contribution >= 0.6 is 0 Å². The summed E-state index contributed by atoms with van der Waals surface area (Å²) >= 11 is 0. The summed E-state index contributed by atoms with van der Waals surface area (Å²) in [5.74, 6) is -1.97. The molecule has 0 radical (unpaired) electrons. The summed E-state index contributed by atoms with van der Waals surface area (Å²) in [5.41, 5.74) is -2.18. The van der Waals surface area contributed by atoms with Gasteiger partial charge in [0.25, 0.3) is 0 Å². The highest BCUT2D eigenvalue weighted by Gasteiger charge is 2.29. The molecule has 9 nitrogen and oxygen atoms in total. The van der Waals surface area contributed by atoms with Crippen LogP contribution in [0.15, 0.2) is 0 Å². The lowest BCUT2D eigenvalue weighted by molar-refractivity contribution is -0.158. The van der Waals surface area contributed by atoms with Crippen LogP contribution in [0.25, 0.3) is 0 Å². The van der Waals surface area contributed by atoms with E-state index in [0.29, 0.717) is 0 Å². The predicted octanol–water partition coefficient (Wildman–Crippen LogP) is 2.89. The smallest absolute Gasteiger partial charge is 0.408 e. The molecular weight excluding hydrogens is 382 g/mol. The first kappa shape index (κ1) is 26.7. The van der Waals surface area contributed by atoms with E-state index in [1.807, 2.05) is 0 Å². The molecule has 0 saturated heterocycles. The first-order valence-electron chi connectivity index (χ1n) is 9.48. The Morgan fingerprint density at radius 3 is 1.62 bits per heavy atom. The average molecular weight is 417 g/mol. The Balaban J connectivity index is 4.88. The van der Waals surface area contributed by atoms with Gasteiger partial charge < -0.3 is 24.3 Å². The Bertz CT molecular complexity index is 593. The van der Waals surface area contributed by atoms with E-state index in [1.165, 1.54) is 0 Å². The SMILES string of the molecule is CC(C)(C)OC(=O)CC[C@H](NC(=O)OCC(=O)OC(C)(C)C)C(=O)OC(C)(C)C. The van der Waals surface area contributed by atoms with E-state index in [4.69, 9.17) is 18.9 Å². The third kappa shape index (κ3) is 15.3. The van der Waals surface area contributed by atoms with E-state index in [0.717, 1.165) is 0 Å². The van der Waals surface area contributed by atoms with Gasteiger partial charge in [-0.1, -0.05) is 0 Å². The van der Waals surface area contributed by atoms with Gasteiger partial charge in [-0.15, -0.1) is 0 Å². The molecule has 0 heterocycles. The molecule has 0 aromatic heterocycles. The highest BCUT2D eigenvalue weighted by atomic mass is 16.6. The van der Waals surface area contributed by atoms with Crippen LogP contribution in [-0.4, -0.2) is 53.5 Å². The van der Waals surface area contributed by atoms with Gasteiger partial charge in [0.2, 0.25) is 0 Å². The highest BCUT2D eigenvalue weighted by molar-refractivity contribution is 5.83. The van der Waals surface area contributed by atoms with E-state index in [1.54, 1.807) is 62.3 Å². The zero-order valence-electron chi connectivity index (χ0n) is 19.0. The zero-order chi connectivity index (χ0) is 23.0. The molecule has 0 aromatic rings. The molecule has 0 unspecified atom stereocenters. The molecular formula is C20H35NO8. The summed E-state index contributed by atoms with van der Waals surface area (Å²) in [6.45, 7) is 14.6. The third-order valence-corrected chi connectivity index (χ3v) is 2.78. The molecule has 0 bridgehead atoms. The average Bonchev–Trinajstić information content (AvgIpc) is 2.43. The summed E-state index contributed by atoms with van der Waals surface area (Å²) in [7, 11) is 0. The lowest BCUT2D eigenvalue weighted by atomic mass is 10.1. The molecule has 1 amide bonds. The van der Waals surface area contributed by atoms with Crippen LogP contribution in [0, 0.1) is 0 Å². The zero-order valence-corrected chi connectivity index (χ0v) is 19.0. The van der Waals surface area contributed by atoms with Crippen LogP contribution in [-0.2, 0) is 33.3 Å². The lowest BCUT2D eigenvalue weighted by Gasteiger charge is -2.25. The second-order valence-corrected chi connectivity index (χ2v) is 9.52. The number of nitrogens with one attached hydrogen (secondary N) is 1. The number of alkyl carbamates (subject to hydrolysis) is 1. The second-order valence-electron chi connectivity index (χ2n) is 9.52. The van der Waals surface area contributed by atoms with Crippen molar-refractivity contribution in [2.45, 2.75) is 98.0 Å². The first-order chi connectivity index (χ1) is 12.9. The van der Waals surface area contributed by atoms with E-state index in [-0.39, 0.29) is 12.8 Å². The van der Waals surface area contributed by atoms with E-state index in [2.05, 4.69) is 5.32 Å². The number of ether oxygens (including phenoxy) is 4. The molecule has 1 atom stereocenters. The van der Waals surface area contributed by atoms with Gasteiger partial charge in [-0.2, -0.15) is 0 Å². The Kier molecular flexibility index (Phi) is 9.62. The van der Waals surface area contributed by atoms with Gasteiger partial charge >= 0.3 is 24.0 Å². The number of amides is 1. The normalized spacial score (nSPS) is 13.1. The van der Waals surface area contributed by atoms with Crippen LogP contribution < -0.4 is 5.32 Å². The van der Waals surface area contributed by atoms with Gasteiger partial charge in [-0.05, 0) is 68.7 Å². The number of hydrogen-bond acceptors (Lipinski definition) is 8. The molecule has 0 aromatic carbocycles. The molecule has 0 aliphatic heterocycles. The van der Waals surface area contributed by atoms with E-state index >= 15 is 0 Å². The van der Waals surface area contributed by atoms with Gasteiger partial charge in [0, 0.05) is 6.42 Å². The first-order valence-corrected chi connectivity index (χ1v) is 9.48. The molecule has 1 N–H and O–H groups in total. The van der Waals surface area contributed by atoms with E-state index < -0.39 is 53.5 Å². The van der Waals surface area contributed by atoms with Crippen molar-refractivity contribution in [3.63, 3.8) is 0 Å². The standard InChI is InChI=1S/C20H35NO8/c1-18(2,3)27-14(22)11-10-13(16(24)29-20(7,8)9)21-17(25)26-12-15(23)28-19(4,5)6/h13H,10-12H2,1-9H3,(H,21,25)/t13-/m0/s1. The van der Waals surface area contributed by atoms with Crippen molar-refractivity contribution >= 4 is 24.0 Å². The van der Waals surface area contributed by atoms with Crippen LogP contribution in [0.3, 0.4) is 0 Å². The highest BCUT2D eigenvalue weighted by Crippen LogP contribution is 2.14. The number of carbonyl (C=O) groups is 4. The van der Waals surface area contributed by atoms with Crippen molar-refractivity contribution < 1.29 is 38.1 Å². The maximum atomic E-state index is 12.4. The lowest BCUT2D eigenvalue weighted by Crippen LogP contribution is -2.45. The number of rotatable bonds is 7.